The predicted molar refractivity (Wildman–Crippen MR) is 69.1 cm³/mol. The number of hydrogen-bond acceptors (Lipinski definition) is 4. The zero-order valence-electron chi connectivity index (χ0n) is 10.3. The molecule has 1 atom stereocenters. The molecule has 7 heteroatoms. The third kappa shape index (κ3) is 3.76. The fourth-order valence-electron chi connectivity index (χ4n) is 1.93. The lowest BCUT2D eigenvalue weighted by atomic mass is 10.2. The average molecular weight is 284 g/mol. The summed E-state index contributed by atoms with van der Waals surface area (Å²) in [5, 5.41) is 7.74. The van der Waals surface area contributed by atoms with Crippen molar-refractivity contribution in [2.24, 2.45) is 5.14 Å². The van der Waals surface area contributed by atoms with Gasteiger partial charge in [-0.05, 0) is 31.0 Å². The Morgan fingerprint density at radius 3 is 2.89 bits per heavy atom. The molecule has 2 rings (SSSR count). The van der Waals surface area contributed by atoms with Gasteiger partial charge in [0.15, 0.2) is 0 Å². The molecule has 0 bridgehead atoms. The third-order valence-corrected chi connectivity index (χ3v) is 3.85. The molecule has 0 aromatic heterocycles. The van der Waals surface area contributed by atoms with Gasteiger partial charge in [-0.3, -0.25) is 4.79 Å². The lowest BCUT2D eigenvalue weighted by Crippen LogP contribution is -2.31. The highest BCUT2D eigenvalue weighted by Crippen LogP contribution is 2.12. The van der Waals surface area contributed by atoms with Crippen molar-refractivity contribution >= 4 is 15.9 Å². The van der Waals surface area contributed by atoms with Gasteiger partial charge in [0.25, 0.3) is 5.91 Å². The van der Waals surface area contributed by atoms with Gasteiger partial charge in [0.05, 0.1) is 11.0 Å². The lowest BCUT2D eigenvalue weighted by molar-refractivity contribution is 0.0857. The SMILES string of the molecule is NS(=O)(=O)c1cccc(C(=O)NCC2CCCO2)c1. The van der Waals surface area contributed by atoms with Crippen molar-refractivity contribution in [3.63, 3.8) is 0 Å². The van der Waals surface area contributed by atoms with Crippen molar-refractivity contribution in [2.75, 3.05) is 13.2 Å². The van der Waals surface area contributed by atoms with Crippen LogP contribution in [0.15, 0.2) is 29.2 Å². The van der Waals surface area contributed by atoms with Gasteiger partial charge in [0, 0.05) is 18.7 Å². The number of hydrogen-bond donors (Lipinski definition) is 2. The second-order valence-electron chi connectivity index (χ2n) is 4.42. The highest BCUT2D eigenvalue weighted by atomic mass is 32.2. The van der Waals surface area contributed by atoms with Crippen LogP contribution in [0.1, 0.15) is 23.2 Å². The minimum absolute atomic E-state index is 0.0466. The number of nitrogens with two attached hydrogens (primary N) is 1. The van der Waals surface area contributed by atoms with Crippen LogP contribution >= 0.6 is 0 Å². The molecule has 1 aromatic rings. The van der Waals surface area contributed by atoms with Crippen molar-refractivity contribution in [3.8, 4) is 0 Å². The predicted octanol–water partition coefficient (Wildman–Crippen LogP) is 0.243. The van der Waals surface area contributed by atoms with Crippen LogP contribution < -0.4 is 10.5 Å². The molecule has 1 amide bonds. The second kappa shape index (κ2) is 5.68. The van der Waals surface area contributed by atoms with Crippen LogP contribution in [0, 0.1) is 0 Å². The van der Waals surface area contributed by atoms with E-state index in [1.54, 1.807) is 6.07 Å². The van der Waals surface area contributed by atoms with E-state index in [0.717, 1.165) is 19.4 Å². The molecular formula is C12H16N2O4S. The molecule has 0 spiro atoms. The van der Waals surface area contributed by atoms with Crippen molar-refractivity contribution in [1.82, 2.24) is 5.32 Å². The normalized spacial score (nSPS) is 19.3. The molecule has 0 radical (unpaired) electrons. The quantitative estimate of drug-likeness (QED) is 0.827. The first-order valence-corrected chi connectivity index (χ1v) is 7.54. The van der Waals surface area contributed by atoms with Gasteiger partial charge in [-0.15, -0.1) is 0 Å². The Kier molecular flexibility index (Phi) is 4.18. The first-order chi connectivity index (χ1) is 8.97. The van der Waals surface area contributed by atoms with E-state index in [2.05, 4.69) is 5.32 Å². The number of amides is 1. The Hall–Kier alpha value is -1.44. The number of sulfonamides is 1. The van der Waals surface area contributed by atoms with Gasteiger partial charge in [0.2, 0.25) is 10.0 Å². The molecule has 0 aliphatic carbocycles. The van der Waals surface area contributed by atoms with E-state index in [4.69, 9.17) is 9.88 Å². The Morgan fingerprint density at radius 1 is 1.47 bits per heavy atom. The van der Waals surface area contributed by atoms with E-state index in [9.17, 15) is 13.2 Å². The Morgan fingerprint density at radius 2 is 2.26 bits per heavy atom. The molecule has 104 valence electrons. The van der Waals surface area contributed by atoms with Crippen molar-refractivity contribution in [2.45, 2.75) is 23.8 Å². The number of rotatable bonds is 4. The Bertz CT molecular complexity index is 565. The van der Waals surface area contributed by atoms with Crippen molar-refractivity contribution in [1.29, 1.82) is 0 Å². The van der Waals surface area contributed by atoms with Crippen LogP contribution in [0.3, 0.4) is 0 Å². The number of benzene rings is 1. The molecule has 1 unspecified atom stereocenters. The first-order valence-electron chi connectivity index (χ1n) is 5.99. The van der Waals surface area contributed by atoms with E-state index in [-0.39, 0.29) is 22.5 Å². The van der Waals surface area contributed by atoms with Gasteiger partial charge < -0.3 is 10.1 Å². The highest BCUT2D eigenvalue weighted by molar-refractivity contribution is 7.89. The molecule has 1 aromatic carbocycles. The molecule has 1 fully saturated rings. The summed E-state index contributed by atoms with van der Waals surface area (Å²) in [7, 11) is -3.79. The van der Waals surface area contributed by atoms with Crippen LogP contribution in [0.5, 0.6) is 0 Å². The number of carbonyl (C=O) groups excluding carboxylic acids is 1. The smallest absolute Gasteiger partial charge is 0.251 e. The summed E-state index contributed by atoms with van der Waals surface area (Å²) >= 11 is 0. The monoisotopic (exact) mass is 284 g/mol. The van der Waals surface area contributed by atoms with E-state index < -0.39 is 10.0 Å². The summed E-state index contributed by atoms with van der Waals surface area (Å²) in [6.45, 7) is 1.15. The molecule has 3 N–H and O–H groups in total. The maximum atomic E-state index is 11.9. The van der Waals surface area contributed by atoms with E-state index in [1.807, 2.05) is 0 Å². The second-order valence-corrected chi connectivity index (χ2v) is 5.98. The topological polar surface area (TPSA) is 98.5 Å². The van der Waals surface area contributed by atoms with E-state index >= 15 is 0 Å². The standard InChI is InChI=1S/C12H16N2O4S/c13-19(16,17)11-5-1-3-9(7-11)12(15)14-8-10-4-2-6-18-10/h1,3,5,7,10H,2,4,6,8H2,(H,14,15)(H2,13,16,17). The number of nitrogens with one attached hydrogen (secondary N) is 1. The van der Waals surface area contributed by atoms with Crippen molar-refractivity contribution < 1.29 is 17.9 Å². The summed E-state index contributed by atoms with van der Waals surface area (Å²) < 4.78 is 27.8. The van der Waals surface area contributed by atoms with Crippen LogP contribution in [0.25, 0.3) is 0 Å². The molecule has 1 aliphatic heterocycles. The van der Waals surface area contributed by atoms with Gasteiger partial charge in [-0.1, -0.05) is 6.07 Å². The molecule has 1 heterocycles. The zero-order valence-corrected chi connectivity index (χ0v) is 11.2. The minimum Gasteiger partial charge on any atom is -0.376 e. The molecule has 6 nitrogen and oxygen atoms in total. The summed E-state index contributed by atoms with van der Waals surface area (Å²) in [5.74, 6) is -0.332. The number of ether oxygens (including phenoxy) is 1. The van der Waals surface area contributed by atoms with Crippen LogP contribution in [0.2, 0.25) is 0 Å². The number of primary sulfonamides is 1. The van der Waals surface area contributed by atoms with Gasteiger partial charge in [0.1, 0.15) is 0 Å². The summed E-state index contributed by atoms with van der Waals surface area (Å²) in [6, 6.07) is 5.65. The molecule has 1 saturated heterocycles. The maximum absolute atomic E-state index is 11.9. The van der Waals surface area contributed by atoms with E-state index in [0.29, 0.717) is 6.54 Å². The van der Waals surface area contributed by atoms with Gasteiger partial charge in [-0.2, -0.15) is 0 Å². The number of carbonyl (C=O) groups is 1. The van der Waals surface area contributed by atoms with Crippen LogP contribution in [0.4, 0.5) is 0 Å². The Balaban J connectivity index is 2.02. The summed E-state index contributed by atoms with van der Waals surface area (Å²) in [6.07, 6.45) is 1.98. The van der Waals surface area contributed by atoms with Gasteiger partial charge in [-0.25, -0.2) is 13.6 Å². The summed E-state index contributed by atoms with van der Waals surface area (Å²) in [4.78, 5) is 11.8. The largest absolute Gasteiger partial charge is 0.376 e. The molecule has 19 heavy (non-hydrogen) atoms. The zero-order chi connectivity index (χ0) is 13.9. The minimum atomic E-state index is -3.79. The Labute approximate surface area is 112 Å². The van der Waals surface area contributed by atoms with Crippen molar-refractivity contribution in [3.05, 3.63) is 29.8 Å². The highest BCUT2D eigenvalue weighted by Gasteiger charge is 2.17. The molecule has 0 saturated carbocycles. The fraction of sp³-hybridized carbons (Fsp3) is 0.417. The fourth-order valence-corrected chi connectivity index (χ4v) is 2.49. The third-order valence-electron chi connectivity index (χ3n) is 2.94. The first kappa shape index (κ1) is 14.0. The molecular weight excluding hydrogens is 268 g/mol. The summed E-state index contributed by atoms with van der Waals surface area (Å²) in [5.41, 5.74) is 0.268. The van der Waals surface area contributed by atoms with Crippen LogP contribution in [-0.2, 0) is 14.8 Å². The lowest BCUT2D eigenvalue weighted by Gasteiger charge is -2.11. The average Bonchev–Trinajstić information content (AvgIpc) is 2.88. The van der Waals surface area contributed by atoms with Crippen LogP contribution in [-0.4, -0.2) is 33.6 Å². The maximum Gasteiger partial charge on any atom is 0.251 e. The van der Waals surface area contributed by atoms with E-state index in [1.165, 1.54) is 18.2 Å². The van der Waals surface area contributed by atoms with Gasteiger partial charge >= 0.3 is 0 Å². The molecule has 1 aliphatic rings.